The van der Waals surface area contributed by atoms with Crippen LogP contribution in [0.5, 0.6) is 0 Å². The van der Waals surface area contributed by atoms with Crippen LogP contribution in [0.15, 0.2) is 182 Å². The van der Waals surface area contributed by atoms with Crippen LogP contribution in [-0.4, -0.2) is 0 Å². The molecule has 0 atom stereocenters. The highest BCUT2D eigenvalue weighted by atomic mass is 15.1. The Morgan fingerprint density at radius 2 is 1.02 bits per heavy atom. The molecule has 0 unspecified atom stereocenters. The second-order valence-electron chi connectivity index (χ2n) is 16.3. The summed E-state index contributed by atoms with van der Waals surface area (Å²) in [6.07, 6.45) is 6.75. The minimum atomic E-state index is -0.110. The van der Waals surface area contributed by atoms with Crippen molar-refractivity contribution in [3.05, 3.63) is 199 Å². The van der Waals surface area contributed by atoms with Crippen LogP contribution in [0.1, 0.15) is 68.6 Å². The Hall–Kier alpha value is -6.18. The molecule has 0 saturated heterocycles. The zero-order valence-corrected chi connectivity index (χ0v) is 32.4. The zero-order valence-electron chi connectivity index (χ0n) is 32.4. The molecule has 0 bridgehead atoms. The first-order valence-corrected chi connectivity index (χ1v) is 20.5. The highest BCUT2D eigenvalue weighted by Crippen LogP contribution is 2.52. The Labute approximate surface area is 331 Å². The summed E-state index contributed by atoms with van der Waals surface area (Å²) < 4.78 is 0. The Morgan fingerprint density at radius 1 is 0.429 bits per heavy atom. The number of rotatable bonds is 7. The minimum Gasteiger partial charge on any atom is -0.310 e. The molecule has 0 aliphatic heterocycles. The predicted octanol–water partition coefficient (Wildman–Crippen LogP) is 15.7. The first kappa shape index (κ1) is 34.3. The third-order valence-electron chi connectivity index (χ3n) is 12.7. The lowest BCUT2D eigenvalue weighted by Crippen LogP contribution is -2.16. The molecule has 10 rings (SSSR count). The normalized spacial score (nSPS) is 14.7. The molecule has 56 heavy (non-hydrogen) atoms. The van der Waals surface area contributed by atoms with Crippen LogP contribution in [0.25, 0.3) is 55.3 Å². The summed E-state index contributed by atoms with van der Waals surface area (Å²) in [5, 5.41) is 2.51. The van der Waals surface area contributed by atoms with Gasteiger partial charge in [0.2, 0.25) is 0 Å². The number of hydrogen-bond donors (Lipinski definition) is 0. The largest absolute Gasteiger partial charge is 0.310 e. The van der Waals surface area contributed by atoms with E-state index in [0.717, 1.165) is 17.1 Å². The van der Waals surface area contributed by atoms with Crippen LogP contribution in [-0.2, 0) is 5.41 Å². The molecule has 0 N–H and O–H groups in total. The van der Waals surface area contributed by atoms with Gasteiger partial charge in [-0.3, -0.25) is 0 Å². The monoisotopic (exact) mass is 721 g/mol. The SMILES string of the molecule is CC1(C)c2ccccc2-c2ccc(N(c3ccc(-c4ccc(C5CCCCC5)cc4)cc3)c3ccccc3-c3cccc4cccc(-c5ccccc5)c34)cc21. The zero-order chi connectivity index (χ0) is 37.6. The number of hydrogen-bond acceptors (Lipinski definition) is 1. The van der Waals surface area contributed by atoms with Crippen LogP contribution >= 0.6 is 0 Å². The van der Waals surface area contributed by atoms with Crippen molar-refractivity contribution in [2.24, 2.45) is 0 Å². The van der Waals surface area contributed by atoms with Crippen LogP contribution in [0.2, 0.25) is 0 Å². The van der Waals surface area contributed by atoms with Gasteiger partial charge in [0.1, 0.15) is 0 Å². The molecule has 0 aromatic heterocycles. The maximum atomic E-state index is 2.48. The van der Waals surface area contributed by atoms with E-state index in [4.69, 9.17) is 0 Å². The van der Waals surface area contributed by atoms with Crippen molar-refractivity contribution in [3.63, 3.8) is 0 Å². The van der Waals surface area contributed by atoms with E-state index >= 15 is 0 Å². The van der Waals surface area contributed by atoms with Crippen molar-refractivity contribution in [2.75, 3.05) is 4.90 Å². The van der Waals surface area contributed by atoms with Crippen LogP contribution in [0.3, 0.4) is 0 Å². The quantitative estimate of drug-likeness (QED) is 0.158. The predicted molar refractivity (Wildman–Crippen MR) is 238 cm³/mol. The second-order valence-corrected chi connectivity index (χ2v) is 16.3. The minimum absolute atomic E-state index is 0.110. The Kier molecular flexibility index (Phi) is 8.67. The summed E-state index contributed by atoms with van der Waals surface area (Å²) in [5.74, 6) is 0.712. The molecule has 8 aromatic carbocycles. The van der Waals surface area contributed by atoms with Gasteiger partial charge in [-0.1, -0.05) is 185 Å². The number of para-hydroxylation sites is 1. The van der Waals surface area contributed by atoms with Crippen molar-refractivity contribution in [1.29, 1.82) is 0 Å². The van der Waals surface area contributed by atoms with Crippen LogP contribution in [0, 0.1) is 0 Å². The van der Waals surface area contributed by atoms with Gasteiger partial charge in [0.25, 0.3) is 0 Å². The molecule has 1 nitrogen and oxygen atoms in total. The highest BCUT2D eigenvalue weighted by molar-refractivity contribution is 6.08. The van der Waals surface area contributed by atoms with E-state index in [2.05, 4.69) is 201 Å². The molecule has 272 valence electrons. The van der Waals surface area contributed by atoms with E-state index < -0.39 is 0 Å². The van der Waals surface area contributed by atoms with Gasteiger partial charge in [0.15, 0.2) is 0 Å². The van der Waals surface area contributed by atoms with Crippen molar-refractivity contribution < 1.29 is 0 Å². The standard InChI is InChI=1S/C55H47N/c1-55(2)51-25-11-9-21-47(51)48-36-35-45(37-52(48)55)56(44-33-31-41(32-34-44)40-29-27-39(28-30-40)38-15-5-3-6-16-38)53-26-12-10-22-49(53)50-24-14-20-43-19-13-23-46(54(43)50)42-17-7-4-8-18-42/h4,7-14,17-38H,3,5-6,15-16H2,1-2H3. The maximum Gasteiger partial charge on any atom is 0.0540 e. The molecule has 2 aliphatic carbocycles. The van der Waals surface area contributed by atoms with E-state index in [9.17, 15) is 0 Å². The van der Waals surface area contributed by atoms with Crippen molar-refractivity contribution in [1.82, 2.24) is 0 Å². The topological polar surface area (TPSA) is 3.24 Å². The molecule has 1 heteroatoms. The number of fused-ring (bicyclic) bond motifs is 4. The second kappa shape index (κ2) is 14.2. The van der Waals surface area contributed by atoms with Gasteiger partial charge in [0.05, 0.1) is 5.69 Å². The first-order chi connectivity index (χ1) is 27.5. The third kappa shape index (κ3) is 5.94. The van der Waals surface area contributed by atoms with Crippen molar-refractivity contribution >= 4 is 27.8 Å². The van der Waals surface area contributed by atoms with E-state index in [-0.39, 0.29) is 5.41 Å². The van der Waals surface area contributed by atoms with Crippen molar-refractivity contribution in [2.45, 2.75) is 57.3 Å². The Morgan fingerprint density at radius 3 is 1.77 bits per heavy atom. The van der Waals surface area contributed by atoms with E-state index in [1.54, 1.807) is 0 Å². The highest BCUT2D eigenvalue weighted by Gasteiger charge is 2.36. The molecule has 0 heterocycles. The summed E-state index contributed by atoms with van der Waals surface area (Å²) >= 11 is 0. The molecule has 1 fully saturated rings. The summed E-state index contributed by atoms with van der Waals surface area (Å²) in [6, 6.07) is 67.9. The van der Waals surface area contributed by atoms with E-state index in [1.807, 2.05) is 0 Å². The average molecular weight is 722 g/mol. The smallest absolute Gasteiger partial charge is 0.0540 e. The summed E-state index contributed by atoms with van der Waals surface area (Å²) in [4.78, 5) is 2.48. The van der Waals surface area contributed by atoms with Gasteiger partial charge < -0.3 is 4.90 Å². The molecule has 0 radical (unpaired) electrons. The summed E-state index contributed by atoms with van der Waals surface area (Å²) in [5.41, 5.74) is 17.7. The molecule has 0 spiro atoms. The maximum absolute atomic E-state index is 2.48. The number of anilines is 3. The molecular weight excluding hydrogens is 675 g/mol. The molecule has 2 aliphatic rings. The summed E-state index contributed by atoms with van der Waals surface area (Å²) in [7, 11) is 0. The molecule has 8 aromatic rings. The first-order valence-electron chi connectivity index (χ1n) is 20.5. The van der Waals surface area contributed by atoms with Crippen LogP contribution in [0.4, 0.5) is 17.1 Å². The van der Waals surface area contributed by atoms with Gasteiger partial charge in [-0.15, -0.1) is 0 Å². The average Bonchev–Trinajstić information content (AvgIpc) is 3.50. The molecule has 0 amide bonds. The van der Waals surface area contributed by atoms with Gasteiger partial charge >= 0.3 is 0 Å². The van der Waals surface area contributed by atoms with Crippen LogP contribution < -0.4 is 4.90 Å². The van der Waals surface area contributed by atoms with E-state index in [0.29, 0.717) is 5.92 Å². The fourth-order valence-corrected chi connectivity index (χ4v) is 9.77. The lowest BCUT2D eigenvalue weighted by molar-refractivity contribution is 0.443. The number of benzene rings is 8. The lowest BCUT2D eigenvalue weighted by Gasteiger charge is -2.30. The summed E-state index contributed by atoms with van der Waals surface area (Å²) in [6.45, 7) is 4.74. The van der Waals surface area contributed by atoms with Gasteiger partial charge in [-0.2, -0.15) is 0 Å². The van der Waals surface area contributed by atoms with Gasteiger partial charge in [-0.25, -0.2) is 0 Å². The molecular formula is C55H47N. The third-order valence-corrected chi connectivity index (χ3v) is 12.7. The molecule has 1 saturated carbocycles. The van der Waals surface area contributed by atoms with E-state index in [1.165, 1.54) is 104 Å². The number of nitrogens with zero attached hydrogens (tertiary/aromatic N) is 1. The Bertz CT molecular complexity index is 2670. The van der Waals surface area contributed by atoms with Gasteiger partial charge in [-0.05, 0) is 115 Å². The van der Waals surface area contributed by atoms with Gasteiger partial charge in [0, 0.05) is 22.4 Å². The lowest BCUT2D eigenvalue weighted by atomic mass is 9.82. The Balaban J connectivity index is 1.13. The van der Waals surface area contributed by atoms with Crippen molar-refractivity contribution in [3.8, 4) is 44.5 Å². The fraction of sp³-hybridized carbons (Fsp3) is 0.164. The fourth-order valence-electron chi connectivity index (χ4n) is 9.77.